The van der Waals surface area contributed by atoms with E-state index in [4.69, 9.17) is 0 Å². The van der Waals surface area contributed by atoms with E-state index < -0.39 is 0 Å². The van der Waals surface area contributed by atoms with Crippen LogP contribution < -0.4 is 0 Å². The predicted octanol–water partition coefficient (Wildman–Crippen LogP) is 1.87. The summed E-state index contributed by atoms with van der Waals surface area (Å²) in [5, 5.41) is 0. The van der Waals surface area contributed by atoms with Crippen molar-refractivity contribution >= 4 is 6.29 Å². The second kappa shape index (κ2) is 3.65. The molecule has 0 aliphatic carbocycles. The first kappa shape index (κ1) is 7.67. The van der Waals surface area contributed by atoms with Crippen LogP contribution in [0, 0.1) is 11.8 Å². The standard InChI is InChI=1S/C7H14O/c1-4-7(5-8)6(2)3/h5-7H,4H2,1-3H3/t7-/m1/s1. The Bertz CT molecular complexity index is 66.8. The van der Waals surface area contributed by atoms with E-state index in [2.05, 4.69) is 13.8 Å². The zero-order valence-electron chi connectivity index (χ0n) is 5.85. The van der Waals surface area contributed by atoms with Gasteiger partial charge in [0.05, 0.1) is 0 Å². The third kappa shape index (κ3) is 2.10. The van der Waals surface area contributed by atoms with Crippen LogP contribution in [-0.2, 0) is 4.79 Å². The number of rotatable bonds is 3. The lowest BCUT2D eigenvalue weighted by molar-refractivity contribution is -0.112. The van der Waals surface area contributed by atoms with Gasteiger partial charge in [0.2, 0.25) is 0 Å². The minimum absolute atomic E-state index is 0.273. The molecular weight excluding hydrogens is 100 g/mol. The van der Waals surface area contributed by atoms with Crippen molar-refractivity contribution in [3.63, 3.8) is 0 Å². The highest BCUT2D eigenvalue weighted by Crippen LogP contribution is 2.10. The lowest BCUT2D eigenvalue weighted by atomic mass is 9.95. The van der Waals surface area contributed by atoms with E-state index in [9.17, 15) is 4.79 Å². The zero-order chi connectivity index (χ0) is 6.57. The van der Waals surface area contributed by atoms with E-state index in [1.54, 1.807) is 0 Å². The number of aldehydes is 1. The molecule has 0 unspecified atom stereocenters. The second-order valence-electron chi connectivity index (χ2n) is 2.45. The molecule has 0 fully saturated rings. The van der Waals surface area contributed by atoms with Gasteiger partial charge in [-0.15, -0.1) is 0 Å². The molecule has 0 N–H and O–H groups in total. The smallest absolute Gasteiger partial charge is 0.123 e. The number of hydrogen-bond acceptors (Lipinski definition) is 1. The van der Waals surface area contributed by atoms with Gasteiger partial charge >= 0.3 is 0 Å². The second-order valence-corrected chi connectivity index (χ2v) is 2.45. The highest BCUT2D eigenvalue weighted by Gasteiger charge is 2.07. The summed E-state index contributed by atoms with van der Waals surface area (Å²) < 4.78 is 0. The van der Waals surface area contributed by atoms with Crippen molar-refractivity contribution in [3.8, 4) is 0 Å². The maximum Gasteiger partial charge on any atom is 0.123 e. The molecule has 0 amide bonds. The van der Waals surface area contributed by atoms with Gasteiger partial charge in [0.15, 0.2) is 0 Å². The first-order valence-electron chi connectivity index (χ1n) is 3.17. The number of carbonyl (C=O) groups excluding carboxylic acids is 1. The summed E-state index contributed by atoms with van der Waals surface area (Å²) in [6.45, 7) is 6.18. The highest BCUT2D eigenvalue weighted by atomic mass is 16.1. The van der Waals surface area contributed by atoms with E-state index in [-0.39, 0.29) is 5.92 Å². The Morgan fingerprint density at radius 2 is 2.00 bits per heavy atom. The summed E-state index contributed by atoms with van der Waals surface area (Å²) in [6.07, 6.45) is 2.02. The summed E-state index contributed by atoms with van der Waals surface area (Å²) in [5.74, 6) is 0.785. The molecule has 1 heteroatoms. The SMILES string of the molecule is CC[C@H](C=O)C(C)C. The third-order valence-corrected chi connectivity index (χ3v) is 1.50. The normalized spacial score (nSPS) is 14.0. The summed E-state index contributed by atoms with van der Waals surface area (Å²) in [5.41, 5.74) is 0. The molecule has 0 aliphatic heterocycles. The van der Waals surface area contributed by atoms with E-state index in [1.807, 2.05) is 6.92 Å². The average molecular weight is 114 g/mol. The van der Waals surface area contributed by atoms with Crippen molar-refractivity contribution < 1.29 is 4.79 Å². The van der Waals surface area contributed by atoms with Crippen LogP contribution in [0.3, 0.4) is 0 Å². The largest absolute Gasteiger partial charge is 0.303 e. The molecule has 0 saturated carbocycles. The van der Waals surface area contributed by atoms with Crippen LogP contribution in [0.4, 0.5) is 0 Å². The Balaban J connectivity index is 3.51. The molecule has 0 saturated heterocycles. The fourth-order valence-corrected chi connectivity index (χ4v) is 0.725. The van der Waals surface area contributed by atoms with Gasteiger partial charge in [0, 0.05) is 5.92 Å². The van der Waals surface area contributed by atoms with E-state index in [0.717, 1.165) is 12.7 Å². The molecule has 0 aromatic heterocycles. The van der Waals surface area contributed by atoms with Gasteiger partial charge in [-0.25, -0.2) is 0 Å². The van der Waals surface area contributed by atoms with Crippen LogP contribution in [0.5, 0.6) is 0 Å². The van der Waals surface area contributed by atoms with Crippen molar-refractivity contribution in [2.75, 3.05) is 0 Å². The van der Waals surface area contributed by atoms with Crippen LogP contribution in [-0.4, -0.2) is 6.29 Å². The quantitative estimate of drug-likeness (QED) is 0.512. The van der Waals surface area contributed by atoms with Gasteiger partial charge in [0.1, 0.15) is 6.29 Å². The number of carbonyl (C=O) groups is 1. The highest BCUT2D eigenvalue weighted by molar-refractivity contribution is 5.53. The maximum atomic E-state index is 10.2. The van der Waals surface area contributed by atoms with Crippen LogP contribution in [0.2, 0.25) is 0 Å². The molecule has 0 aromatic rings. The van der Waals surface area contributed by atoms with Gasteiger partial charge in [-0.1, -0.05) is 20.8 Å². The maximum absolute atomic E-state index is 10.2. The molecule has 0 radical (unpaired) electrons. The monoisotopic (exact) mass is 114 g/mol. The fourth-order valence-electron chi connectivity index (χ4n) is 0.725. The predicted molar refractivity (Wildman–Crippen MR) is 34.7 cm³/mol. The zero-order valence-corrected chi connectivity index (χ0v) is 5.85. The van der Waals surface area contributed by atoms with Crippen molar-refractivity contribution in [2.45, 2.75) is 27.2 Å². The fraction of sp³-hybridized carbons (Fsp3) is 0.857. The molecule has 1 nitrogen and oxygen atoms in total. The molecule has 48 valence electrons. The van der Waals surface area contributed by atoms with Gasteiger partial charge in [-0.3, -0.25) is 0 Å². The van der Waals surface area contributed by atoms with Crippen LogP contribution in [0.25, 0.3) is 0 Å². The van der Waals surface area contributed by atoms with E-state index in [0.29, 0.717) is 5.92 Å². The van der Waals surface area contributed by atoms with Gasteiger partial charge in [-0.2, -0.15) is 0 Å². The summed E-state index contributed by atoms with van der Waals surface area (Å²) in [4.78, 5) is 10.2. The van der Waals surface area contributed by atoms with Crippen molar-refractivity contribution in [3.05, 3.63) is 0 Å². The average Bonchev–Trinajstić information content (AvgIpc) is 1.69. The Kier molecular flexibility index (Phi) is 3.49. The topological polar surface area (TPSA) is 17.1 Å². The summed E-state index contributed by atoms with van der Waals surface area (Å²) in [7, 11) is 0. The summed E-state index contributed by atoms with van der Waals surface area (Å²) in [6, 6.07) is 0. The van der Waals surface area contributed by atoms with Crippen LogP contribution >= 0.6 is 0 Å². The summed E-state index contributed by atoms with van der Waals surface area (Å²) >= 11 is 0. The Morgan fingerprint density at radius 3 is 2.00 bits per heavy atom. The minimum Gasteiger partial charge on any atom is -0.303 e. The van der Waals surface area contributed by atoms with Gasteiger partial charge in [-0.05, 0) is 12.3 Å². The van der Waals surface area contributed by atoms with E-state index in [1.165, 1.54) is 0 Å². The molecule has 1 atom stereocenters. The first-order chi connectivity index (χ1) is 3.72. The Hall–Kier alpha value is -0.330. The number of hydrogen-bond donors (Lipinski definition) is 0. The van der Waals surface area contributed by atoms with Crippen molar-refractivity contribution in [1.29, 1.82) is 0 Å². The Labute approximate surface area is 51.1 Å². The van der Waals surface area contributed by atoms with Gasteiger partial charge < -0.3 is 4.79 Å². The first-order valence-corrected chi connectivity index (χ1v) is 3.17. The molecule has 0 rings (SSSR count). The molecular formula is C7H14O. The lowest BCUT2D eigenvalue weighted by Gasteiger charge is -2.09. The molecule has 0 spiro atoms. The third-order valence-electron chi connectivity index (χ3n) is 1.50. The molecule has 0 bridgehead atoms. The Morgan fingerprint density at radius 1 is 1.50 bits per heavy atom. The van der Waals surface area contributed by atoms with Crippen LogP contribution in [0.15, 0.2) is 0 Å². The van der Waals surface area contributed by atoms with Crippen molar-refractivity contribution in [2.24, 2.45) is 11.8 Å². The van der Waals surface area contributed by atoms with Crippen molar-refractivity contribution in [1.82, 2.24) is 0 Å². The van der Waals surface area contributed by atoms with E-state index >= 15 is 0 Å². The van der Waals surface area contributed by atoms with Gasteiger partial charge in [0.25, 0.3) is 0 Å². The molecule has 8 heavy (non-hydrogen) atoms. The lowest BCUT2D eigenvalue weighted by Crippen LogP contribution is -2.07. The van der Waals surface area contributed by atoms with Crippen LogP contribution in [0.1, 0.15) is 27.2 Å². The molecule has 0 aliphatic rings. The molecule has 0 heterocycles. The molecule has 0 aromatic carbocycles. The minimum atomic E-state index is 0.273.